The molecule has 2 rings (SSSR count). The number of aromatic nitrogens is 1. The number of rotatable bonds is 4. The van der Waals surface area contributed by atoms with Gasteiger partial charge in [-0.15, -0.1) is 0 Å². The molecular formula is C16H27ClN4. The average Bonchev–Trinajstić information content (AvgIpc) is 2.45. The highest BCUT2D eigenvalue weighted by molar-refractivity contribution is 6.30. The molecule has 1 fully saturated rings. The van der Waals surface area contributed by atoms with E-state index in [0.717, 1.165) is 24.3 Å². The minimum atomic E-state index is 0.0573. The van der Waals surface area contributed by atoms with Crippen LogP contribution in [0.2, 0.25) is 5.02 Å². The molecule has 0 bridgehead atoms. The molecule has 0 radical (unpaired) electrons. The van der Waals surface area contributed by atoms with Crippen molar-refractivity contribution in [2.24, 2.45) is 5.92 Å². The van der Waals surface area contributed by atoms with Gasteiger partial charge in [0.25, 0.3) is 0 Å². The van der Waals surface area contributed by atoms with Gasteiger partial charge in [0.2, 0.25) is 0 Å². The minimum absolute atomic E-state index is 0.0573. The van der Waals surface area contributed by atoms with Gasteiger partial charge in [-0.3, -0.25) is 0 Å². The zero-order valence-corrected chi connectivity index (χ0v) is 14.2. The molecule has 0 aliphatic heterocycles. The fourth-order valence-electron chi connectivity index (χ4n) is 3.67. The molecule has 4 nitrogen and oxygen atoms in total. The maximum atomic E-state index is 6.15. The van der Waals surface area contributed by atoms with E-state index in [1.807, 2.05) is 13.1 Å². The van der Waals surface area contributed by atoms with Gasteiger partial charge in [0, 0.05) is 17.3 Å². The van der Waals surface area contributed by atoms with E-state index in [1.165, 1.54) is 12.8 Å². The van der Waals surface area contributed by atoms with Gasteiger partial charge in [0.1, 0.15) is 5.82 Å². The van der Waals surface area contributed by atoms with Crippen molar-refractivity contribution in [2.45, 2.75) is 44.2 Å². The Bertz CT molecular complexity index is 481. The second-order valence-corrected chi connectivity index (χ2v) is 6.97. The lowest BCUT2D eigenvalue weighted by atomic mass is 9.70. The lowest BCUT2D eigenvalue weighted by molar-refractivity contribution is 0.0457. The molecule has 1 aromatic heterocycles. The molecule has 1 heterocycles. The second kappa shape index (κ2) is 6.51. The fourth-order valence-corrected chi connectivity index (χ4v) is 3.83. The molecule has 0 amide bonds. The van der Waals surface area contributed by atoms with Crippen LogP contribution in [-0.4, -0.2) is 36.6 Å². The van der Waals surface area contributed by atoms with Gasteiger partial charge in [0.15, 0.2) is 0 Å². The minimum Gasteiger partial charge on any atom is -0.383 e. The number of nitrogens with one attached hydrogen (secondary N) is 1. The molecule has 1 aliphatic carbocycles. The summed E-state index contributed by atoms with van der Waals surface area (Å²) in [6.07, 6.45) is 6.39. The normalized spacial score (nSPS) is 27.8. The summed E-state index contributed by atoms with van der Waals surface area (Å²) in [5.74, 6) is 1.36. The average molecular weight is 311 g/mol. The molecule has 1 unspecified atom stereocenters. The maximum absolute atomic E-state index is 6.15. The van der Waals surface area contributed by atoms with Crippen molar-refractivity contribution in [1.82, 2.24) is 15.2 Å². The molecule has 1 saturated carbocycles. The zero-order valence-electron chi connectivity index (χ0n) is 13.5. The van der Waals surface area contributed by atoms with Crippen molar-refractivity contribution in [2.75, 3.05) is 26.9 Å². The third kappa shape index (κ3) is 3.17. The van der Waals surface area contributed by atoms with Crippen molar-refractivity contribution in [3.05, 3.63) is 22.8 Å². The number of halogens is 1. The molecule has 0 saturated heterocycles. The van der Waals surface area contributed by atoms with Crippen LogP contribution in [0.15, 0.2) is 12.3 Å². The largest absolute Gasteiger partial charge is 0.383 e. The molecule has 5 heteroatoms. The van der Waals surface area contributed by atoms with Crippen molar-refractivity contribution in [1.29, 1.82) is 0 Å². The number of nitrogens with zero attached hydrogens (tertiary/aromatic N) is 2. The van der Waals surface area contributed by atoms with E-state index in [0.29, 0.717) is 10.8 Å². The Morgan fingerprint density at radius 1 is 1.43 bits per heavy atom. The molecule has 1 aromatic rings. The van der Waals surface area contributed by atoms with Crippen LogP contribution < -0.4 is 11.1 Å². The lowest BCUT2D eigenvalue weighted by Gasteiger charge is -2.50. The van der Waals surface area contributed by atoms with E-state index in [4.69, 9.17) is 17.3 Å². The van der Waals surface area contributed by atoms with Crippen molar-refractivity contribution in [3.8, 4) is 0 Å². The fraction of sp³-hybridized carbons (Fsp3) is 0.688. The van der Waals surface area contributed by atoms with Crippen molar-refractivity contribution < 1.29 is 0 Å². The monoisotopic (exact) mass is 310 g/mol. The highest BCUT2D eigenvalue weighted by Crippen LogP contribution is 2.44. The first kappa shape index (κ1) is 16.5. The Kier molecular flexibility index (Phi) is 5.12. The predicted molar refractivity (Wildman–Crippen MR) is 89.5 cm³/mol. The van der Waals surface area contributed by atoms with Crippen LogP contribution in [0.5, 0.6) is 0 Å². The van der Waals surface area contributed by atoms with Gasteiger partial charge in [-0.2, -0.15) is 0 Å². The van der Waals surface area contributed by atoms with E-state index in [9.17, 15) is 0 Å². The topological polar surface area (TPSA) is 54.2 Å². The number of nitrogen functional groups attached to an aromatic ring is 1. The van der Waals surface area contributed by atoms with E-state index in [2.05, 4.69) is 36.2 Å². The quantitative estimate of drug-likeness (QED) is 0.897. The van der Waals surface area contributed by atoms with Crippen LogP contribution in [-0.2, 0) is 0 Å². The molecule has 3 N–H and O–H groups in total. The number of hydrogen-bond donors (Lipinski definition) is 2. The third-order valence-electron chi connectivity index (χ3n) is 5.08. The Balaban J connectivity index is 2.43. The van der Waals surface area contributed by atoms with Gasteiger partial charge in [-0.25, -0.2) is 4.98 Å². The highest BCUT2D eigenvalue weighted by Gasteiger charge is 2.44. The standard InChI is InChI=1S/C16H27ClN4/c1-11-5-7-16(8-6-11,21(3)4)14(19-2)13-9-12(17)10-20-15(13)18/h9-11,14,19H,5-8H2,1-4H3,(H2,18,20). The van der Waals surface area contributed by atoms with Gasteiger partial charge >= 0.3 is 0 Å². The first-order valence-corrected chi connectivity index (χ1v) is 8.04. The first-order valence-electron chi connectivity index (χ1n) is 7.66. The summed E-state index contributed by atoms with van der Waals surface area (Å²) in [5.41, 5.74) is 7.20. The third-order valence-corrected chi connectivity index (χ3v) is 5.29. The van der Waals surface area contributed by atoms with Crippen LogP contribution in [0, 0.1) is 5.92 Å². The summed E-state index contributed by atoms with van der Waals surface area (Å²) < 4.78 is 0. The summed E-state index contributed by atoms with van der Waals surface area (Å²) >= 11 is 6.15. The Labute approximate surface area is 133 Å². The van der Waals surface area contributed by atoms with Gasteiger partial charge < -0.3 is 16.0 Å². The van der Waals surface area contributed by atoms with E-state index < -0.39 is 0 Å². The Morgan fingerprint density at radius 3 is 2.57 bits per heavy atom. The number of anilines is 1. The lowest BCUT2D eigenvalue weighted by Crippen LogP contribution is -2.55. The summed E-state index contributed by atoms with van der Waals surface area (Å²) in [4.78, 5) is 6.58. The van der Waals surface area contributed by atoms with Crippen LogP contribution in [0.1, 0.15) is 44.2 Å². The number of hydrogen-bond acceptors (Lipinski definition) is 4. The van der Waals surface area contributed by atoms with E-state index in [-0.39, 0.29) is 11.6 Å². The molecule has 118 valence electrons. The van der Waals surface area contributed by atoms with E-state index in [1.54, 1.807) is 6.20 Å². The SMILES string of the molecule is CNC(c1cc(Cl)cnc1N)C1(N(C)C)CCC(C)CC1. The molecule has 0 aromatic carbocycles. The number of pyridine rings is 1. The van der Waals surface area contributed by atoms with Crippen LogP contribution in [0.25, 0.3) is 0 Å². The van der Waals surface area contributed by atoms with Crippen LogP contribution in [0.3, 0.4) is 0 Å². The van der Waals surface area contributed by atoms with E-state index >= 15 is 0 Å². The summed E-state index contributed by atoms with van der Waals surface area (Å²) in [6.45, 7) is 2.34. The first-order chi connectivity index (χ1) is 9.90. The molecular weight excluding hydrogens is 284 g/mol. The Hall–Kier alpha value is -0.840. The summed E-state index contributed by atoms with van der Waals surface area (Å²) in [6, 6.07) is 2.08. The predicted octanol–water partition coefficient (Wildman–Crippen LogP) is 3.09. The number of nitrogens with two attached hydrogens (primary N) is 1. The maximum Gasteiger partial charge on any atom is 0.128 e. The van der Waals surface area contributed by atoms with Gasteiger partial charge in [0.05, 0.1) is 11.1 Å². The summed E-state index contributed by atoms with van der Waals surface area (Å²) in [5, 5.41) is 4.11. The molecule has 1 atom stereocenters. The van der Waals surface area contributed by atoms with Crippen LogP contribution in [0.4, 0.5) is 5.82 Å². The second-order valence-electron chi connectivity index (χ2n) is 6.53. The molecule has 1 aliphatic rings. The molecule has 0 spiro atoms. The highest BCUT2D eigenvalue weighted by atomic mass is 35.5. The van der Waals surface area contributed by atoms with Crippen molar-refractivity contribution >= 4 is 17.4 Å². The number of likely N-dealkylation sites (N-methyl/N-ethyl adjacent to an activating group) is 2. The smallest absolute Gasteiger partial charge is 0.128 e. The van der Waals surface area contributed by atoms with Gasteiger partial charge in [-0.05, 0) is 58.8 Å². The molecule has 21 heavy (non-hydrogen) atoms. The summed E-state index contributed by atoms with van der Waals surface area (Å²) in [7, 11) is 6.32. The van der Waals surface area contributed by atoms with Gasteiger partial charge in [-0.1, -0.05) is 18.5 Å². The van der Waals surface area contributed by atoms with Crippen molar-refractivity contribution in [3.63, 3.8) is 0 Å². The van der Waals surface area contributed by atoms with Crippen LogP contribution >= 0.6 is 11.6 Å². The zero-order chi connectivity index (χ0) is 15.6. The Morgan fingerprint density at radius 2 is 2.05 bits per heavy atom.